The number of thiocarbonyl (C=S) groups is 1. The normalized spacial score (nSPS) is 11.8. The van der Waals surface area contributed by atoms with Gasteiger partial charge < -0.3 is 5.73 Å². The lowest BCUT2D eigenvalue weighted by Gasteiger charge is -2.04. The number of benzene rings is 1. The van der Waals surface area contributed by atoms with Crippen LogP contribution in [0.4, 0.5) is 5.69 Å². The van der Waals surface area contributed by atoms with E-state index in [1.807, 2.05) is 31.2 Å². The lowest BCUT2D eigenvalue weighted by atomic mass is 10.1. The topological polar surface area (TPSA) is 38.4 Å². The minimum absolute atomic E-state index is 0.0327. The SMILES string of the molecule is C[C@H](N)c1cccc(N=C=S)c1. The van der Waals surface area contributed by atoms with Crippen LogP contribution in [0, 0.1) is 0 Å². The first-order chi connectivity index (χ1) is 5.74. The molecule has 0 fully saturated rings. The Kier molecular flexibility index (Phi) is 3.11. The lowest BCUT2D eigenvalue weighted by molar-refractivity contribution is 0.818. The van der Waals surface area contributed by atoms with Gasteiger partial charge in [0.2, 0.25) is 0 Å². The quantitative estimate of drug-likeness (QED) is 0.558. The molecule has 1 atom stereocenters. The zero-order chi connectivity index (χ0) is 8.97. The molecular weight excluding hydrogens is 168 g/mol. The minimum atomic E-state index is 0.0327. The van der Waals surface area contributed by atoms with Crippen molar-refractivity contribution in [3.05, 3.63) is 29.8 Å². The first kappa shape index (κ1) is 9.07. The van der Waals surface area contributed by atoms with E-state index in [0.29, 0.717) is 0 Å². The molecule has 0 aromatic heterocycles. The van der Waals surface area contributed by atoms with E-state index < -0.39 is 0 Å². The van der Waals surface area contributed by atoms with E-state index in [-0.39, 0.29) is 6.04 Å². The molecule has 0 bridgehead atoms. The molecule has 3 heteroatoms. The Hall–Kier alpha value is -1.02. The number of nitrogens with zero attached hydrogens (tertiary/aromatic N) is 1. The van der Waals surface area contributed by atoms with Gasteiger partial charge in [-0.05, 0) is 36.8 Å². The van der Waals surface area contributed by atoms with Gasteiger partial charge in [-0.1, -0.05) is 12.1 Å². The summed E-state index contributed by atoms with van der Waals surface area (Å²) in [6.07, 6.45) is 0. The fourth-order valence-electron chi connectivity index (χ4n) is 0.930. The summed E-state index contributed by atoms with van der Waals surface area (Å²) in [5, 5.41) is 2.32. The summed E-state index contributed by atoms with van der Waals surface area (Å²) >= 11 is 4.50. The molecule has 0 saturated heterocycles. The van der Waals surface area contributed by atoms with Crippen molar-refractivity contribution in [2.45, 2.75) is 13.0 Å². The summed E-state index contributed by atoms with van der Waals surface area (Å²) < 4.78 is 0. The van der Waals surface area contributed by atoms with Crippen molar-refractivity contribution in [3.63, 3.8) is 0 Å². The monoisotopic (exact) mass is 178 g/mol. The van der Waals surface area contributed by atoms with Crippen LogP contribution in [-0.2, 0) is 0 Å². The van der Waals surface area contributed by atoms with Crippen LogP contribution >= 0.6 is 12.2 Å². The predicted octanol–water partition coefficient (Wildman–Crippen LogP) is 2.44. The van der Waals surface area contributed by atoms with Crippen LogP contribution in [0.25, 0.3) is 0 Å². The Morgan fingerprint density at radius 3 is 2.92 bits per heavy atom. The third-order valence-corrected chi connectivity index (χ3v) is 1.66. The summed E-state index contributed by atoms with van der Waals surface area (Å²) in [5.41, 5.74) is 7.55. The summed E-state index contributed by atoms with van der Waals surface area (Å²) in [6.45, 7) is 1.93. The summed E-state index contributed by atoms with van der Waals surface area (Å²) in [7, 11) is 0. The van der Waals surface area contributed by atoms with Crippen molar-refractivity contribution < 1.29 is 0 Å². The smallest absolute Gasteiger partial charge is 0.0742 e. The fourth-order valence-corrected chi connectivity index (χ4v) is 1.04. The van der Waals surface area contributed by atoms with Gasteiger partial charge >= 0.3 is 0 Å². The van der Waals surface area contributed by atoms with Crippen LogP contribution in [0.2, 0.25) is 0 Å². The van der Waals surface area contributed by atoms with E-state index in [1.54, 1.807) is 0 Å². The Balaban J connectivity index is 3.03. The molecule has 0 saturated carbocycles. The largest absolute Gasteiger partial charge is 0.324 e. The zero-order valence-electron chi connectivity index (χ0n) is 6.82. The number of nitrogens with two attached hydrogens (primary N) is 1. The number of isothiocyanates is 1. The molecule has 1 aromatic rings. The fraction of sp³-hybridized carbons (Fsp3) is 0.222. The molecule has 0 aliphatic heterocycles. The molecule has 0 amide bonds. The maximum Gasteiger partial charge on any atom is 0.0742 e. The summed E-state index contributed by atoms with van der Waals surface area (Å²) in [5.74, 6) is 0. The molecule has 0 aliphatic rings. The predicted molar refractivity (Wildman–Crippen MR) is 53.7 cm³/mol. The summed E-state index contributed by atoms with van der Waals surface area (Å²) in [4.78, 5) is 3.86. The molecule has 12 heavy (non-hydrogen) atoms. The Morgan fingerprint density at radius 1 is 1.58 bits per heavy atom. The standard InChI is InChI=1S/C9H10N2S/c1-7(10)8-3-2-4-9(5-8)11-6-12/h2-5,7H,10H2,1H3/t7-/m0/s1. The van der Waals surface area contributed by atoms with Gasteiger partial charge in [0.05, 0.1) is 10.8 Å². The molecule has 0 radical (unpaired) electrons. The van der Waals surface area contributed by atoms with Gasteiger partial charge in [-0.15, -0.1) is 0 Å². The molecular formula is C9H10N2S. The maximum absolute atomic E-state index is 5.69. The third kappa shape index (κ3) is 2.24. The van der Waals surface area contributed by atoms with Crippen molar-refractivity contribution in [1.29, 1.82) is 0 Å². The zero-order valence-corrected chi connectivity index (χ0v) is 7.64. The van der Waals surface area contributed by atoms with Crippen LogP contribution in [-0.4, -0.2) is 5.16 Å². The van der Waals surface area contributed by atoms with E-state index in [1.165, 1.54) is 0 Å². The van der Waals surface area contributed by atoms with Gasteiger partial charge in [-0.3, -0.25) is 0 Å². The molecule has 1 rings (SSSR count). The highest BCUT2D eigenvalue weighted by molar-refractivity contribution is 7.78. The number of rotatable bonds is 2. The molecule has 0 spiro atoms. The van der Waals surface area contributed by atoms with Crippen LogP contribution in [0.15, 0.2) is 29.3 Å². The highest BCUT2D eigenvalue weighted by Crippen LogP contribution is 2.17. The van der Waals surface area contributed by atoms with E-state index in [9.17, 15) is 0 Å². The molecule has 2 nitrogen and oxygen atoms in total. The van der Waals surface area contributed by atoms with Crippen LogP contribution in [0.1, 0.15) is 18.5 Å². The van der Waals surface area contributed by atoms with Crippen molar-refractivity contribution in [2.24, 2.45) is 10.7 Å². The first-order valence-corrected chi connectivity index (χ1v) is 4.08. The van der Waals surface area contributed by atoms with Crippen molar-refractivity contribution in [2.75, 3.05) is 0 Å². The molecule has 2 N–H and O–H groups in total. The lowest BCUT2D eigenvalue weighted by Crippen LogP contribution is -2.03. The third-order valence-electron chi connectivity index (χ3n) is 1.57. The molecule has 62 valence electrons. The Bertz CT molecular complexity index is 314. The highest BCUT2D eigenvalue weighted by atomic mass is 32.1. The minimum Gasteiger partial charge on any atom is -0.324 e. The molecule has 1 aromatic carbocycles. The second-order valence-electron chi connectivity index (χ2n) is 2.59. The van der Waals surface area contributed by atoms with Crippen molar-refractivity contribution in [3.8, 4) is 0 Å². The van der Waals surface area contributed by atoms with E-state index in [0.717, 1.165) is 11.3 Å². The second kappa shape index (κ2) is 4.12. The first-order valence-electron chi connectivity index (χ1n) is 3.67. The highest BCUT2D eigenvalue weighted by Gasteiger charge is 1.98. The molecule has 0 aliphatic carbocycles. The number of hydrogen-bond donors (Lipinski definition) is 1. The van der Waals surface area contributed by atoms with Crippen LogP contribution in [0.5, 0.6) is 0 Å². The van der Waals surface area contributed by atoms with Gasteiger partial charge in [0.25, 0.3) is 0 Å². The van der Waals surface area contributed by atoms with Crippen LogP contribution in [0.3, 0.4) is 0 Å². The molecule has 0 heterocycles. The van der Waals surface area contributed by atoms with Gasteiger partial charge in [-0.2, -0.15) is 4.99 Å². The van der Waals surface area contributed by atoms with E-state index in [4.69, 9.17) is 5.73 Å². The van der Waals surface area contributed by atoms with E-state index in [2.05, 4.69) is 22.4 Å². The number of aliphatic imine (C=N–C) groups is 1. The molecule has 0 unspecified atom stereocenters. The van der Waals surface area contributed by atoms with Gasteiger partial charge in [0.15, 0.2) is 0 Å². The Morgan fingerprint density at radius 2 is 2.33 bits per heavy atom. The Labute approximate surface area is 77.1 Å². The van der Waals surface area contributed by atoms with Crippen LogP contribution < -0.4 is 5.73 Å². The second-order valence-corrected chi connectivity index (χ2v) is 2.77. The van der Waals surface area contributed by atoms with Crippen molar-refractivity contribution in [1.82, 2.24) is 0 Å². The van der Waals surface area contributed by atoms with Gasteiger partial charge in [-0.25, -0.2) is 0 Å². The average Bonchev–Trinajstić information content (AvgIpc) is 2.05. The average molecular weight is 178 g/mol. The van der Waals surface area contributed by atoms with E-state index >= 15 is 0 Å². The van der Waals surface area contributed by atoms with Gasteiger partial charge in [0, 0.05) is 6.04 Å². The van der Waals surface area contributed by atoms with Crippen molar-refractivity contribution >= 4 is 23.1 Å². The number of hydrogen-bond acceptors (Lipinski definition) is 3. The maximum atomic E-state index is 5.69. The summed E-state index contributed by atoms with van der Waals surface area (Å²) in [6, 6.07) is 7.68. The van der Waals surface area contributed by atoms with Gasteiger partial charge in [0.1, 0.15) is 0 Å².